The topological polar surface area (TPSA) is 42.7 Å². The van der Waals surface area contributed by atoms with Crippen molar-refractivity contribution in [2.45, 2.75) is 13.1 Å². The SMILES string of the molecule is COC(=O)c1ccc(CN(C)Cc2ccco2)cc1. The second-order valence-electron chi connectivity index (χ2n) is 4.44. The molecule has 2 rings (SSSR count). The van der Waals surface area contributed by atoms with Gasteiger partial charge in [-0.05, 0) is 36.9 Å². The van der Waals surface area contributed by atoms with Crippen LogP contribution in [0.2, 0.25) is 0 Å². The first kappa shape index (κ1) is 13.4. The van der Waals surface area contributed by atoms with Gasteiger partial charge in [-0.2, -0.15) is 0 Å². The summed E-state index contributed by atoms with van der Waals surface area (Å²) >= 11 is 0. The Labute approximate surface area is 112 Å². The van der Waals surface area contributed by atoms with Gasteiger partial charge in [-0.25, -0.2) is 4.79 Å². The van der Waals surface area contributed by atoms with E-state index in [0.717, 1.165) is 24.4 Å². The molecule has 1 aromatic heterocycles. The molecule has 0 saturated carbocycles. The molecule has 0 aliphatic carbocycles. The van der Waals surface area contributed by atoms with E-state index in [2.05, 4.69) is 9.64 Å². The molecule has 0 N–H and O–H groups in total. The number of carbonyl (C=O) groups is 1. The molecular weight excluding hydrogens is 242 g/mol. The highest BCUT2D eigenvalue weighted by Gasteiger charge is 2.06. The normalized spacial score (nSPS) is 10.7. The number of furan rings is 1. The maximum absolute atomic E-state index is 11.3. The Hall–Kier alpha value is -2.07. The van der Waals surface area contributed by atoms with Gasteiger partial charge < -0.3 is 9.15 Å². The van der Waals surface area contributed by atoms with Gasteiger partial charge in [-0.15, -0.1) is 0 Å². The van der Waals surface area contributed by atoms with Crippen LogP contribution in [-0.2, 0) is 17.8 Å². The van der Waals surface area contributed by atoms with E-state index < -0.39 is 0 Å². The molecule has 1 heterocycles. The summed E-state index contributed by atoms with van der Waals surface area (Å²) in [4.78, 5) is 13.5. The van der Waals surface area contributed by atoms with E-state index >= 15 is 0 Å². The maximum atomic E-state index is 11.3. The third-order valence-corrected chi connectivity index (χ3v) is 2.83. The average Bonchev–Trinajstić information content (AvgIpc) is 2.91. The summed E-state index contributed by atoms with van der Waals surface area (Å²) in [5.41, 5.74) is 1.71. The average molecular weight is 259 g/mol. The Bertz CT molecular complexity index is 517. The Morgan fingerprint density at radius 1 is 1.21 bits per heavy atom. The van der Waals surface area contributed by atoms with Gasteiger partial charge in [0.15, 0.2) is 0 Å². The smallest absolute Gasteiger partial charge is 0.337 e. The van der Waals surface area contributed by atoms with Gasteiger partial charge in [-0.3, -0.25) is 4.90 Å². The second-order valence-corrected chi connectivity index (χ2v) is 4.44. The van der Waals surface area contributed by atoms with Crippen molar-refractivity contribution in [1.82, 2.24) is 4.90 Å². The number of esters is 1. The molecule has 19 heavy (non-hydrogen) atoms. The quantitative estimate of drug-likeness (QED) is 0.774. The molecule has 0 aliphatic heterocycles. The molecule has 0 unspecified atom stereocenters. The minimum absolute atomic E-state index is 0.310. The van der Waals surface area contributed by atoms with Crippen molar-refractivity contribution < 1.29 is 13.9 Å². The van der Waals surface area contributed by atoms with E-state index in [9.17, 15) is 4.79 Å². The van der Waals surface area contributed by atoms with Crippen molar-refractivity contribution >= 4 is 5.97 Å². The molecule has 0 saturated heterocycles. The lowest BCUT2D eigenvalue weighted by atomic mass is 10.1. The first-order valence-electron chi connectivity index (χ1n) is 6.07. The van der Waals surface area contributed by atoms with E-state index in [1.54, 1.807) is 18.4 Å². The first-order chi connectivity index (χ1) is 9.19. The lowest BCUT2D eigenvalue weighted by Gasteiger charge is -2.15. The summed E-state index contributed by atoms with van der Waals surface area (Å²) < 4.78 is 9.97. The molecule has 0 amide bonds. The Morgan fingerprint density at radius 3 is 2.53 bits per heavy atom. The number of nitrogens with zero attached hydrogens (tertiary/aromatic N) is 1. The fraction of sp³-hybridized carbons (Fsp3) is 0.267. The van der Waals surface area contributed by atoms with Crippen LogP contribution in [0.1, 0.15) is 21.7 Å². The van der Waals surface area contributed by atoms with Crippen LogP contribution in [0.3, 0.4) is 0 Å². The van der Waals surface area contributed by atoms with Crippen LogP contribution in [0.4, 0.5) is 0 Å². The highest BCUT2D eigenvalue weighted by atomic mass is 16.5. The second kappa shape index (κ2) is 6.20. The van der Waals surface area contributed by atoms with E-state index in [1.807, 2.05) is 31.3 Å². The van der Waals surface area contributed by atoms with Gasteiger partial charge in [0.1, 0.15) is 5.76 Å². The lowest BCUT2D eigenvalue weighted by Crippen LogP contribution is -2.16. The summed E-state index contributed by atoms with van der Waals surface area (Å²) in [6.45, 7) is 1.55. The van der Waals surface area contributed by atoms with Crippen LogP contribution in [0, 0.1) is 0 Å². The first-order valence-corrected chi connectivity index (χ1v) is 6.07. The number of hydrogen-bond acceptors (Lipinski definition) is 4. The van der Waals surface area contributed by atoms with Crippen molar-refractivity contribution in [2.75, 3.05) is 14.2 Å². The summed E-state index contributed by atoms with van der Waals surface area (Å²) in [6.07, 6.45) is 1.67. The van der Waals surface area contributed by atoms with E-state index in [-0.39, 0.29) is 5.97 Å². The van der Waals surface area contributed by atoms with Crippen LogP contribution in [0.25, 0.3) is 0 Å². The van der Waals surface area contributed by atoms with Gasteiger partial charge in [0.25, 0.3) is 0 Å². The van der Waals surface area contributed by atoms with Crippen molar-refractivity contribution in [3.05, 3.63) is 59.5 Å². The zero-order valence-electron chi connectivity index (χ0n) is 11.1. The van der Waals surface area contributed by atoms with Crippen molar-refractivity contribution in [2.24, 2.45) is 0 Å². The predicted molar refractivity (Wildman–Crippen MR) is 71.7 cm³/mol. The van der Waals surface area contributed by atoms with Crippen LogP contribution in [0.5, 0.6) is 0 Å². The standard InChI is InChI=1S/C15H17NO3/c1-16(11-14-4-3-9-19-14)10-12-5-7-13(8-6-12)15(17)18-2/h3-9H,10-11H2,1-2H3. The molecular formula is C15H17NO3. The number of ether oxygens (including phenoxy) is 1. The zero-order chi connectivity index (χ0) is 13.7. The Morgan fingerprint density at radius 2 is 1.95 bits per heavy atom. The van der Waals surface area contributed by atoms with E-state index in [0.29, 0.717) is 5.56 Å². The summed E-state index contributed by atoms with van der Waals surface area (Å²) in [6, 6.07) is 11.3. The van der Waals surface area contributed by atoms with Crippen LogP contribution in [0.15, 0.2) is 47.1 Å². The summed E-state index contributed by atoms with van der Waals surface area (Å²) in [5, 5.41) is 0. The molecule has 4 nitrogen and oxygen atoms in total. The predicted octanol–water partition coefficient (Wildman–Crippen LogP) is 2.70. The van der Waals surface area contributed by atoms with Gasteiger partial charge in [-0.1, -0.05) is 12.1 Å². The van der Waals surface area contributed by atoms with Gasteiger partial charge in [0.05, 0.1) is 25.5 Å². The third-order valence-electron chi connectivity index (χ3n) is 2.83. The fourth-order valence-electron chi connectivity index (χ4n) is 1.90. The summed E-state index contributed by atoms with van der Waals surface area (Å²) in [5.74, 6) is 0.629. The molecule has 0 atom stereocenters. The van der Waals surface area contributed by atoms with E-state index in [1.165, 1.54) is 7.11 Å². The maximum Gasteiger partial charge on any atom is 0.337 e. The minimum Gasteiger partial charge on any atom is -0.468 e. The van der Waals surface area contributed by atoms with Gasteiger partial charge in [0, 0.05) is 6.54 Å². The van der Waals surface area contributed by atoms with Crippen molar-refractivity contribution in [3.63, 3.8) is 0 Å². The molecule has 100 valence electrons. The lowest BCUT2D eigenvalue weighted by molar-refractivity contribution is 0.0600. The fourth-order valence-corrected chi connectivity index (χ4v) is 1.90. The number of carbonyl (C=O) groups excluding carboxylic acids is 1. The van der Waals surface area contributed by atoms with Crippen LogP contribution < -0.4 is 0 Å². The van der Waals surface area contributed by atoms with E-state index in [4.69, 9.17) is 4.42 Å². The zero-order valence-corrected chi connectivity index (χ0v) is 11.1. The van der Waals surface area contributed by atoms with Crippen molar-refractivity contribution in [3.8, 4) is 0 Å². The third kappa shape index (κ3) is 3.69. The van der Waals surface area contributed by atoms with Gasteiger partial charge in [0.2, 0.25) is 0 Å². The summed E-state index contributed by atoms with van der Waals surface area (Å²) in [7, 11) is 3.41. The number of methoxy groups -OCH3 is 1. The highest BCUT2D eigenvalue weighted by molar-refractivity contribution is 5.89. The molecule has 4 heteroatoms. The largest absolute Gasteiger partial charge is 0.468 e. The number of benzene rings is 1. The molecule has 0 spiro atoms. The van der Waals surface area contributed by atoms with Crippen LogP contribution in [-0.4, -0.2) is 25.0 Å². The molecule has 0 radical (unpaired) electrons. The Kier molecular flexibility index (Phi) is 4.36. The number of rotatable bonds is 5. The number of hydrogen-bond donors (Lipinski definition) is 0. The highest BCUT2D eigenvalue weighted by Crippen LogP contribution is 2.10. The monoisotopic (exact) mass is 259 g/mol. The molecule has 0 fully saturated rings. The molecule has 1 aromatic carbocycles. The molecule has 2 aromatic rings. The van der Waals surface area contributed by atoms with Gasteiger partial charge >= 0.3 is 5.97 Å². The minimum atomic E-state index is -0.310. The molecule has 0 aliphatic rings. The molecule has 0 bridgehead atoms. The van der Waals surface area contributed by atoms with Crippen molar-refractivity contribution in [1.29, 1.82) is 0 Å². The van der Waals surface area contributed by atoms with Crippen LogP contribution >= 0.6 is 0 Å². The Balaban J connectivity index is 1.93.